The second-order valence-electron chi connectivity index (χ2n) is 3.24. The van der Waals surface area contributed by atoms with E-state index in [9.17, 15) is 5.11 Å². The fourth-order valence-electron chi connectivity index (χ4n) is 0.759. The lowest BCUT2D eigenvalue weighted by Crippen LogP contribution is -2.42. The number of nitrogens with one attached hydrogen (secondary N) is 2. The highest BCUT2D eigenvalue weighted by molar-refractivity contribution is 4.62. The van der Waals surface area contributed by atoms with Gasteiger partial charge in [0.1, 0.15) is 5.72 Å². The predicted molar refractivity (Wildman–Crippen MR) is 47.5 cm³/mol. The van der Waals surface area contributed by atoms with Crippen LogP contribution in [0.1, 0.15) is 27.2 Å². The zero-order chi connectivity index (χ0) is 8.74. The van der Waals surface area contributed by atoms with Crippen molar-refractivity contribution in [3.63, 3.8) is 0 Å². The molecule has 0 atom stereocenters. The van der Waals surface area contributed by atoms with Crippen LogP contribution in [-0.2, 0) is 0 Å². The van der Waals surface area contributed by atoms with E-state index in [0.29, 0.717) is 0 Å². The molecule has 3 nitrogen and oxygen atoms in total. The number of rotatable bonds is 6. The van der Waals surface area contributed by atoms with E-state index < -0.39 is 5.72 Å². The zero-order valence-corrected chi connectivity index (χ0v) is 7.78. The molecule has 0 aromatic rings. The van der Waals surface area contributed by atoms with Crippen LogP contribution >= 0.6 is 0 Å². The monoisotopic (exact) mass is 160 g/mol. The fourth-order valence-corrected chi connectivity index (χ4v) is 0.759. The van der Waals surface area contributed by atoms with Crippen molar-refractivity contribution in [2.45, 2.75) is 32.9 Å². The maximum absolute atomic E-state index is 9.24. The lowest BCUT2D eigenvalue weighted by molar-refractivity contribution is 0.0444. The Morgan fingerprint density at radius 2 is 1.82 bits per heavy atom. The smallest absolute Gasteiger partial charge is 0.110 e. The maximum atomic E-state index is 9.24. The summed E-state index contributed by atoms with van der Waals surface area (Å²) in [6.45, 7) is 8.39. The van der Waals surface area contributed by atoms with Gasteiger partial charge in [-0.3, -0.25) is 5.32 Å². The summed E-state index contributed by atoms with van der Waals surface area (Å²) in [6, 6.07) is 0. The van der Waals surface area contributed by atoms with Gasteiger partial charge in [0, 0.05) is 13.1 Å². The van der Waals surface area contributed by atoms with Crippen LogP contribution in [0.4, 0.5) is 0 Å². The molecule has 3 heteroatoms. The molecule has 68 valence electrons. The summed E-state index contributed by atoms with van der Waals surface area (Å²) in [6.07, 6.45) is 1.16. The Balaban J connectivity index is 3.02. The first-order valence-corrected chi connectivity index (χ1v) is 4.24. The molecular formula is C8H20N2O. The fraction of sp³-hybridized carbons (Fsp3) is 1.00. The van der Waals surface area contributed by atoms with E-state index in [1.807, 2.05) is 0 Å². The molecule has 0 aliphatic rings. The number of aliphatic hydroxyl groups is 1. The highest BCUT2D eigenvalue weighted by atomic mass is 16.3. The van der Waals surface area contributed by atoms with Crippen LogP contribution in [0.25, 0.3) is 0 Å². The van der Waals surface area contributed by atoms with E-state index in [2.05, 4.69) is 17.6 Å². The molecule has 0 aliphatic carbocycles. The van der Waals surface area contributed by atoms with Gasteiger partial charge in [0.05, 0.1) is 0 Å². The molecule has 11 heavy (non-hydrogen) atoms. The van der Waals surface area contributed by atoms with Gasteiger partial charge in [-0.05, 0) is 26.8 Å². The van der Waals surface area contributed by atoms with Crippen molar-refractivity contribution in [1.82, 2.24) is 10.6 Å². The molecule has 0 amide bonds. The second kappa shape index (κ2) is 5.52. The van der Waals surface area contributed by atoms with Crippen molar-refractivity contribution in [3.05, 3.63) is 0 Å². The molecule has 0 spiro atoms. The summed E-state index contributed by atoms with van der Waals surface area (Å²) in [4.78, 5) is 0. The summed E-state index contributed by atoms with van der Waals surface area (Å²) in [5, 5.41) is 15.4. The van der Waals surface area contributed by atoms with Crippen LogP contribution in [0.5, 0.6) is 0 Å². The Hall–Kier alpha value is -0.120. The SMILES string of the molecule is CCCNCCNC(C)(C)O. The predicted octanol–water partition coefficient (Wildman–Crippen LogP) is 0.304. The molecular weight excluding hydrogens is 140 g/mol. The molecule has 0 bridgehead atoms. The van der Waals surface area contributed by atoms with Crippen molar-refractivity contribution < 1.29 is 5.11 Å². The molecule has 0 aromatic heterocycles. The summed E-state index contributed by atoms with van der Waals surface area (Å²) in [5.74, 6) is 0. The molecule has 0 rings (SSSR count). The first-order chi connectivity index (χ1) is 5.06. The summed E-state index contributed by atoms with van der Waals surface area (Å²) in [5.41, 5.74) is -0.742. The molecule has 0 saturated carbocycles. The second-order valence-corrected chi connectivity index (χ2v) is 3.24. The van der Waals surface area contributed by atoms with Gasteiger partial charge in [-0.1, -0.05) is 6.92 Å². The standard InChI is InChI=1S/C8H20N2O/c1-4-5-9-6-7-10-8(2,3)11/h9-11H,4-7H2,1-3H3. The Bertz CT molecular complexity index is 88.6. The highest BCUT2D eigenvalue weighted by Crippen LogP contribution is 1.91. The third-order valence-corrected chi connectivity index (χ3v) is 1.29. The van der Waals surface area contributed by atoms with Crippen LogP contribution < -0.4 is 10.6 Å². The average Bonchev–Trinajstić information content (AvgIpc) is 1.85. The Labute approximate surface area is 69.2 Å². The minimum absolute atomic E-state index is 0.742. The normalized spacial score (nSPS) is 12.0. The Morgan fingerprint density at radius 1 is 1.18 bits per heavy atom. The average molecular weight is 160 g/mol. The highest BCUT2D eigenvalue weighted by Gasteiger charge is 2.08. The van der Waals surface area contributed by atoms with Gasteiger partial charge in [-0.15, -0.1) is 0 Å². The largest absolute Gasteiger partial charge is 0.376 e. The maximum Gasteiger partial charge on any atom is 0.110 e. The molecule has 3 N–H and O–H groups in total. The zero-order valence-electron chi connectivity index (χ0n) is 7.78. The van der Waals surface area contributed by atoms with Crippen LogP contribution in [0, 0.1) is 0 Å². The minimum Gasteiger partial charge on any atom is -0.376 e. The molecule has 0 saturated heterocycles. The number of hydrogen-bond acceptors (Lipinski definition) is 3. The lowest BCUT2D eigenvalue weighted by Gasteiger charge is -2.19. The molecule has 0 aromatic carbocycles. The van der Waals surface area contributed by atoms with Gasteiger partial charge in [-0.2, -0.15) is 0 Å². The van der Waals surface area contributed by atoms with E-state index >= 15 is 0 Å². The van der Waals surface area contributed by atoms with E-state index in [0.717, 1.165) is 26.1 Å². The van der Waals surface area contributed by atoms with Crippen molar-refractivity contribution in [2.75, 3.05) is 19.6 Å². The van der Waals surface area contributed by atoms with Crippen LogP contribution in [-0.4, -0.2) is 30.5 Å². The van der Waals surface area contributed by atoms with Crippen molar-refractivity contribution in [1.29, 1.82) is 0 Å². The van der Waals surface area contributed by atoms with Crippen LogP contribution in [0.2, 0.25) is 0 Å². The third kappa shape index (κ3) is 9.88. The minimum atomic E-state index is -0.742. The van der Waals surface area contributed by atoms with Crippen molar-refractivity contribution >= 4 is 0 Å². The Kier molecular flexibility index (Phi) is 5.46. The van der Waals surface area contributed by atoms with E-state index in [4.69, 9.17) is 0 Å². The summed E-state index contributed by atoms with van der Waals surface area (Å²) < 4.78 is 0. The molecule has 0 radical (unpaired) electrons. The molecule has 0 heterocycles. The molecule has 0 aliphatic heterocycles. The Morgan fingerprint density at radius 3 is 2.27 bits per heavy atom. The van der Waals surface area contributed by atoms with Gasteiger partial charge < -0.3 is 10.4 Å². The topological polar surface area (TPSA) is 44.3 Å². The lowest BCUT2D eigenvalue weighted by atomic mass is 10.3. The van der Waals surface area contributed by atoms with Crippen molar-refractivity contribution in [3.8, 4) is 0 Å². The van der Waals surface area contributed by atoms with E-state index in [-0.39, 0.29) is 0 Å². The molecule has 0 unspecified atom stereocenters. The van der Waals surface area contributed by atoms with Gasteiger partial charge >= 0.3 is 0 Å². The van der Waals surface area contributed by atoms with Gasteiger partial charge in [0.25, 0.3) is 0 Å². The van der Waals surface area contributed by atoms with Gasteiger partial charge in [0.15, 0.2) is 0 Å². The first kappa shape index (κ1) is 10.9. The van der Waals surface area contributed by atoms with Crippen LogP contribution in [0.15, 0.2) is 0 Å². The summed E-state index contributed by atoms with van der Waals surface area (Å²) in [7, 11) is 0. The quantitative estimate of drug-likeness (QED) is 0.387. The van der Waals surface area contributed by atoms with E-state index in [1.165, 1.54) is 0 Å². The van der Waals surface area contributed by atoms with Gasteiger partial charge in [0.2, 0.25) is 0 Å². The third-order valence-electron chi connectivity index (χ3n) is 1.29. The molecule has 0 fully saturated rings. The van der Waals surface area contributed by atoms with Gasteiger partial charge in [-0.25, -0.2) is 0 Å². The number of hydrogen-bond donors (Lipinski definition) is 3. The summed E-state index contributed by atoms with van der Waals surface area (Å²) >= 11 is 0. The van der Waals surface area contributed by atoms with Crippen LogP contribution in [0.3, 0.4) is 0 Å². The van der Waals surface area contributed by atoms with Crippen molar-refractivity contribution in [2.24, 2.45) is 0 Å². The van der Waals surface area contributed by atoms with E-state index in [1.54, 1.807) is 13.8 Å². The first-order valence-electron chi connectivity index (χ1n) is 4.24.